The number of esters is 1. The van der Waals surface area contributed by atoms with Gasteiger partial charge in [0.1, 0.15) is 0 Å². The summed E-state index contributed by atoms with van der Waals surface area (Å²) in [4.78, 5) is 15.3. The third-order valence-electron chi connectivity index (χ3n) is 1.93. The van der Waals surface area contributed by atoms with Crippen LogP contribution >= 0.6 is 11.3 Å². The third kappa shape index (κ3) is 2.46. The molecule has 2 aromatic heterocycles. The fourth-order valence-corrected chi connectivity index (χ4v) is 1.78. The highest BCUT2D eigenvalue weighted by molar-refractivity contribution is 7.07. The van der Waals surface area contributed by atoms with Gasteiger partial charge in [-0.05, 0) is 13.0 Å². The van der Waals surface area contributed by atoms with Crippen molar-refractivity contribution in [2.45, 2.75) is 13.3 Å². The second kappa shape index (κ2) is 4.89. The molecule has 0 atom stereocenters. The molecular weight excluding hydrogens is 226 g/mol. The van der Waals surface area contributed by atoms with Crippen molar-refractivity contribution in [3.8, 4) is 5.82 Å². The Morgan fingerprint density at radius 3 is 3.19 bits per heavy atom. The molecule has 0 aliphatic heterocycles. The molecule has 0 bridgehead atoms. The molecule has 2 aromatic rings. The molecule has 2 heterocycles. The van der Waals surface area contributed by atoms with E-state index in [-0.39, 0.29) is 12.4 Å². The molecule has 6 heteroatoms. The molecular formula is C10H11N3O2S. The molecule has 5 nitrogen and oxygen atoms in total. The van der Waals surface area contributed by atoms with E-state index in [4.69, 9.17) is 4.74 Å². The van der Waals surface area contributed by atoms with E-state index in [0.29, 0.717) is 12.3 Å². The van der Waals surface area contributed by atoms with Crippen molar-refractivity contribution in [2.24, 2.45) is 0 Å². The molecule has 0 saturated carbocycles. The van der Waals surface area contributed by atoms with Crippen molar-refractivity contribution < 1.29 is 9.53 Å². The van der Waals surface area contributed by atoms with Gasteiger partial charge in [-0.1, -0.05) is 0 Å². The van der Waals surface area contributed by atoms with Crippen LogP contribution in [-0.2, 0) is 16.0 Å². The molecule has 0 spiro atoms. The van der Waals surface area contributed by atoms with Crippen molar-refractivity contribution in [1.82, 2.24) is 14.8 Å². The Balaban J connectivity index is 2.06. The third-order valence-corrected chi connectivity index (χ3v) is 2.50. The number of hydrogen-bond acceptors (Lipinski definition) is 5. The van der Waals surface area contributed by atoms with Gasteiger partial charge in [-0.3, -0.25) is 4.79 Å². The van der Waals surface area contributed by atoms with Crippen LogP contribution in [0.2, 0.25) is 0 Å². The van der Waals surface area contributed by atoms with Gasteiger partial charge < -0.3 is 4.74 Å². The number of aromatic nitrogens is 3. The average Bonchev–Trinajstić information content (AvgIpc) is 2.86. The smallest absolute Gasteiger partial charge is 0.311 e. The number of thiazole rings is 1. The molecule has 0 saturated heterocycles. The predicted molar refractivity (Wildman–Crippen MR) is 59.6 cm³/mol. The molecule has 84 valence electrons. The summed E-state index contributed by atoms with van der Waals surface area (Å²) in [6.07, 6.45) is 1.98. The van der Waals surface area contributed by atoms with E-state index < -0.39 is 0 Å². The lowest BCUT2D eigenvalue weighted by Crippen LogP contribution is -2.08. The fraction of sp³-hybridized carbons (Fsp3) is 0.300. The summed E-state index contributed by atoms with van der Waals surface area (Å²) in [6, 6.07) is 1.79. The first-order valence-corrected chi connectivity index (χ1v) is 5.82. The number of rotatable bonds is 4. The Morgan fingerprint density at radius 1 is 1.62 bits per heavy atom. The second-order valence-corrected chi connectivity index (χ2v) is 3.80. The molecule has 0 aromatic carbocycles. The highest BCUT2D eigenvalue weighted by Crippen LogP contribution is 2.08. The molecule has 0 unspecified atom stereocenters. The van der Waals surface area contributed by atoms with Gasteiger partial charge in [-0.15, -0.1) is 11.3 Å². The van der Waals surface area contributed by atoms with Gasteiger partial charge in [-0.2, -0.15) is 5.10 Å². The zero-order valence-corrected chi connectivity index (χ0v) is 9.61. The lowest BCUT2D eigenvalue weighted by Gasteiger charge is -1.98. The average molecular weight is 237 g/mol. The Morgan fingerprint density at radius 2 is 2.50 bits per heavy atom. The van der Waals surface area contributed by atoms with Crippen molar-refractivity contribution in [1.29, 1.82) is 0 Å². The summed E-state index contributed by atoms with van der Waals surface area (Å²) in [6.45, 7) is 2.18. The van der Waals surface area contributed by atoms with Gasteiger partial charge in [0.05, 0.1) is 24.2 Å². The molecule has 0 amide bonds. The van der Waals surface area contributed by atoms with Gasteiger partial charge in [0.25, 0.3) is 0 Å². The lowest BCUT2D eigenvalue weighted by atomic mass is 10.3. The minimum Gasteiger partial charge on any atom is -0.466 e. The number of nitrogens with zero attached hydrogens (tertiary/aromatic N) is 3. The van der Waals surface area contributed by atoms with Crippen LogP contribution < -0.4 is 0 Å². The van der Waals surface area contributed by atoms with Crippen LogP contribution in [0.1, 0.15) is 12.6 Å². The maximum Gasteiger partial charge on any atom is 0.311 e. The second-order valence-electron chi connectivity index (χ2n) is 3.08. The number of ether oxygens (including phenoxy) is 1. The SMILES string of the molecule is CCOC(=O)Cc1ccn(-c2cscn2)n1. The molecule has 0 aliphatic carbocycles. The van der Waals surface area contributed by atoms with Gasteiger partial charge in [0.2, 0.25) is 0 Å². The standard InChI is InChI=1S/C10H11N3O2S/c1-2-15-10(14)5-8-3-4-13(12-8)9-6-16-7-11-9/h3-4,6-7H,2,5H2,1H3. The molecule has 0 fully saturated rings. The zero-order valence-electron chi connectivity index (χ0n) is 8.79. The monoisotopic (exact) mass is 237 g/mol. The zero-order chi connectivity index (χ0) is 11.4. The number of carbonyl (C=O) groups excluding carboxylic acids is 1. The van der Waals surface area contributed by atoms with Gasteiger partial charge in [0.15, 0.2) is 5.82 Å². The number of hydrogen-bond donors (Lipinski definition) is 0. The highest BCUT2D eigenvalue weighted by Gasteiger charge is 2.08. The minimum atomic E-state index is -0.258. The van der Waals surface area contributed by atoms with E-state index in [9.17, 15) is 4.79 Å². The summed E-state index contributed by atoms with van der Waals surface area (Å²) in [5.74, 6) is 0.506. The Hall–Kier alpha value is -1.69. The topological polar surface area (TPSA) is 57.0 Å². The summed E-state index contributed by atoms with van der Waals surface area (Å²) in [5.41, 5.74) is 2.42. The fourth-order valence-electron chi connectivity index (χ4n) is 1.26. The lowest BCUT2D eigenvalue weighted by molar-refractivity contribution is -0.142. The van der Waals surface area contributed by atoms with Crippen LogP contribution in [-0.4, -0.2) is 27.3 Å². The Labute approximate surface area is 96.7 Å². The predicted octanol–water partition coefficient (Wildman–Crippen LogP) is 1.43. The van der Waals surface area contributed by atoms with Gasteiger partial charge in [-0.25, -0.2) is 9.67 Å². The maximum absolute atomic E-state index is 11.2. The summed E-state index contributed by atoms with van der Waals surface area (Å²) in [7, 11) is 0. The molecule has 2 rings (SSSR count). The van der Waals surface area contributed by atoms with Crippen molar-refractivity contribution in [3.63, 3.8) is 0 Å². The van der Waals surface area contributed by atoms with E-state index in [0.717, 1.165) is 5.82 Å². The van der Waals surface area contributed by atoms with E-state index in [1.165, 1.54) is 11.3 Å². The summed E-state index contributed by atoms with van der Waals surface area (Å²) in [5, 5.41) is 6.12. The normalized spacial score (nSPS) is 10.3. The summed E-state index contributed by atoms with van der Waals surface area (Å²) >= 11 is 1.50. The van der Waals surface area contributed by atoms with Crippen molar-refractivity contribution in [2.75, 3.05) is 6.61 Å². The quantitative estimate of drug-likeness (QED) is 0.755. The Kier molecular flexibility index (Phi) is 3.31. The van der Waals surface area contributed by atoms with Crippen LogP contribution in [0.3, 0.4) is 0 Å². The van der Waals surface area contributed by atoms with E-state index in [2.05, 4.69) is 10.1 Å². The first kappa shape index (κ1) is 10.8. The van der Waals surface area contributed by atoms with Gasteiger partial charge in [0, 0.05) is 11.6 Å². The molecule has 0 N–H and O–H groups in total. The molecule has 0 aliphatic rings. The Bertz CT molecular complexity index is 464. The molecule has 16 heavy (non-hydrogen) atoms. The van der Waals surface area contributed by atoms with Crippen molar-refractivity contribution in [3.05, 3.63) is 28.8 Å². The van der Waals surface area contributed by atoms with Gasteiger partial charge >= 0.3 is 5.97 Å². The first-order chi connectivity index (χ1) is 7.79. The van der Waals surface area contributed by atoms with E-state index in [1.807, 2.05) is 5.38 Å². The van der Waals surface area contributed by atoms with Crippen molar-refractivity contribution >= 4 is 17.3 Å². The van der Waals surface area contributed by atoms with E-state index >= 15 is 0 Å². The van der Waals surface area contributed by atoms with Crippen LogP contribution in [0, 0.1) is 0 Å². The first-order valence-electron chi connectivity index (χ1n) is 4.88. The number of carbonyl (C=O) groups is 1. The largest absolute Gasteiger partial charge is 0.466 e. The maximum atomic E-state index is 11.2. The molecule has 0 radical (unpaired) electrons. The summed E-state index contributed by atoms with van der Waals surface area (Å²) < 4.78 is 6.49. The van der Waals surface area contributed by atoms with Crippen LogP contribution in [0.4, 0.5) is 0 Å². The minimum absolute atomic E-state index is 0.199. The highest BCUT2D eigenvalue weighted by atomic mass is 32.1. The van der Waals surface area contributed by atoms with Crippen LogP contribution in [0.15, 0.2) is 23.2 Å². The van der Waals surface area contributed by atoms with Crippen LogP contribution in [0.25, 0.3) is 5.82 Å². The van der Waals surface area contributed by atoms with Crippen LogP contribution in [0.5, 0.6) is 0 Å². The van der Waals surface area contributed by atoms with E-state index in [1.54, 1.807) is 29.4 Å².